The van der Waals surface area contributed by atoms with Gasteiger partial charge in [-0.05, 0) is 19.8 Å². The first-order chi connectivity index (χ1) is 9.37. The van der Waals surface area contributed by atoms with Crippen LogP contribution in [0.25, 0.3) is 0 Å². The lowest BCUT2D eigenvalue weighted by Gasteiger charge is -2.24. The van der Waals surface area contributed by atoms with E-state index >= 15 is 0 Å². The first-order valence-corrected chi connectivity index (χ1v) is 8.28. The van der Waals surface area contributed by atoms with Crippen molar-refractivity contribution < 1.29 is 13.2 Å². The predicted molar refractivity (Wildman–Crippen MR) is 73.3 cm³/mol. The average molecular weight is 298 g/mol. The molecule has 0 aromatic carbocycles. The van der Waals surface area contributed by atoms with Gasteiger partial charge in [-0.3, -0.25) is 14.8 Å². The molecule has 0 bridgehead atoms. The smallest absolute Gasteiger partial charge is 0.238 e. The Balaban J connectivity index is 2.09. The topological polar surface area (TPSA) is 92.3 Å². The Labute approximate surface area is 118 Å². The standard InChI is InChI=1S/C12H18N4O3S/c1-9-6-13-7-10(15-9)11-4-3-5-16(11)12(17)8-14-20(2,18)19/h6-7,11,14H,3-5,8H2,1-2H3. The van der Waals surface area contributed by atoms with E-state index in [9.17, 15) is 13.2 Å². The van der Waals surface area contributed by atoms with Gasteiger partial charge in [-0.15, -0.1) is 0 Å². The highest BCUT2D eigenvalue weighted by Crippen LogP contribution is 2.30. The number of aryl methyl sites for hydroxylation is 1. The van der Waals surface area contributed by atoms with Gasteiger partial charge in [0.2, 0.25) is 15.9 Å². The highest BCUT2D eigenvalue weighted by Gasteiger charge is 2.31. The molecule has 2 heterocycles. The monoisotopic (exact) mass is 298 g/mol. The quantitative estimate of drug-likeness (QED) is 0.844. The molecule has 1 fully saturated rings. The van der Waals surface area contributed by atoms with Crippen molar-refractivity contribution in [2.24, 2.45) is 0 Å². The highest BCUT2D eigenvalue weighted by molar-refractivity contribution is 7.88. The third-order valence-corrected chi connectivity index (χ3v) is 3.84. The van der Waals surface area contributed by atoms with Crippen LogP contribution in [0.1, 0.15) is 30.3 Å². The molecule has 2 rings (SSSR count). The molecule has 8 heteroatoms. The first kappa shape index (κ1) is 14.9. The molecule has 1 unspecified atom stereocenters. The summed E-state index contributed by atoms with van der Waals surface area (Å²) in [5.41, 5.74) is 1.56. The van der Waals surface area contributed by atoms with Crippen molar-refractivity contribution >= 4 is 15.9 Å². The van der Waals surface area contributed by atoms with Gasteiger partial charge in [0, 0.05) is 12.7 Å². The van der Waals surface area contributed by atoms with E-state index < -0.39 is 10.0 Å². The van der Waals surface area contributed by atoms with E-state index in [0.29, 0.717) is 6.54 Å². The number of sulfonamides is 1. The Morgan fingerprint density at radius 1 is 1.50 bits per heavy atom. The molecular weight excluding hydrogens is 280 g/mol. The number of nitrogens with zero attached hydrogens (tertiary/aromatic N) is 3. The van der Waals surface area contributed by atoms with Gasteiger partial charge < -0.3 is 4.90 Å². The molecule has 1 amide bonds. The maximum atomic E-state index is 12.1. The molecule has 1 saturated heterocycles. The summed E-state index contributed by atoms with van der Waals surface area (Å²) in [6.07, 6.45) is 6.06. The van der Waals surface area contributed by atoms with E-state index in [1.807, 2.05) is 6.92 Å². The maximum Gasteiger partial charge on any atom is 0.238 e. The number of hydrogen-bond acceptors (Lipinski definition) is 5. The van der Waals surface area contributed by atoms with E-state index in [4.69, 9.17) is 0 Å². The molecule has 1 aliphatic heterocycles. The van der Waals surface area contributed by atoms with Crippen LogP contribution >= 0.6 is 0 Å². The Kier molecular flexibility index (Phi) is 4.34. The molecule has 1 aromatic heterocycles. The van der Waals surface area contributed by atoms with Crippen LogP contribution in [-0.4, -0.2) is 48.5 Å². The Morgan fingerprint density at radius 2 is 2.25 bits per heavy atom. The van der Waals surface area contributed by atoms with Crippen molar-refractivity contribution in [3.05, 3.63) is 23.8 Å². The molecule has 1 N–H and O–H groups in total. The lowest BCUT2D eigenvalue weighted by atomic mass is 10.1. The van der Waals surface area contributed by atoms with E-state index in [1.54, 1.807) is 17.3 Å². The molecule has 0 spiro atoms. The lowest BCUT2D eigenvalue weighted by molar-refractivity contribution is -0.130. The molecule has 7 nitrogen and oxygen atoms in total. The molecule has 1 aliphatic rings. The van der Waals surface area contributed by atoms with Crippen LogP contribution in [0, 0.1) is 6.92 Å². The van der Waals surface area contributed by atoms with Crippen LogP contribution in [0.3, 0.4) is 0 Å². The van der Waals surface area contributed by atoms with Crippen molar-refractivity contribution in [3.63, 3.8) is 0 Å². The number of nitrogens with one attached hydrogen (secondary N) is 1. The summed E-state index contributed by atoms with van der Waals surface area (Å²) in [6, 6.07) is -0.115. The minimum atomic E-state index is -3.36. The molecular formula is C12H18N4O3S. The van der Waals surface area contributed by atoms with Gasteiger partial charge in [-0.1, -0.05) is 0 Å². The van der Waals surface area contributed by atoms with E-state index in [2.05, 4.69) is 14.7 Å². The first-order valence-electron chi connectivity index (χ1n) is 6.39. The zero-order valence-electron chi connectivity index (χ0n) is 11.5. The zero-order valence-corrected chi connectivity index (χ0v) is 12.4. The molecule has 0 saturated carbocycles. The number of amides is 1. The van der Waals surface area contributed by atoms with Crippen molar-refractivity contribution in [2.45, 2.75) is 25.8 Å². The fraction of sp³-hybridized carbons (Fsp3) is 0.583. The fourth-order valence-electron chi connectivity index (χ4n) is 2.31. The molecule has 0 aliphatic carbocycles. The highest BCUT2D eigenvalue weighted by atomic mass is 32.2. The molecule has 20 heavy (non-hydrogen) atoms. The largest absolute Gasteiger partial charge is 0.333 e. The molecule has 0 radical (unpaired) electrons. The van der Waals surface area contributed by atoms with E-state index in [0.717, 1.165) is 30.5 Å². The minimum absolute atomic E-state index is 0.115. The normalized spacial score (nSPS) is 19.3. The summed E-state index contributed by atoms with van der Waals surface area (Å²) in [4.78, 5) is 22.3. The Morgan fingerprint density at radius 3 is 2.90 bits per heavy atom. The van der Waals surface area contributed by atoms with Gasteiger partial charge in [0.25, 0.3) is 0 Å². The van der Waals surface area contributed by atoms with Crippen LogP contribution in [0.5, 0.6) is 0 Å². The van der Waals surface area contributed by atoms with Gasteiger partial charge >= 0.3 is 0 Å². The van der Waals surface area contributed by atoms with Gasteiger partial charge in [0.05, 0.1) is 36.4 Å². The van der Waals surface area contributed by atoms with Crippen molar-refractivity contribution in [3.8, 4) is 0 Å². The van der Waals surface area contributed by atoms with Gasteiger partial charge in [0.1, 0.15) is 0 Å². The van der Waals surface area contributed by atoms with Crippen molar-refractivity contribution in [1.82, 2.24) is 19.6 Å². The number of aromatic nitrogens is 2. The Bertz CT molecular complexity index is 602. The average Bonchev–Trinajstić information content (AvgIpc) is 2.84. The zero-order chi connectivity index (χ0) is 14.8. The summed E-state index contributed by atoms with van der Waals surface area (Å²) >= 11 is 0. The second-order valence-electron chi connectivity index (χ2n) is 4.92. The van der Waals surface area contributed by atoms with Crippen molar-refractivity contribution in [1.29, 1.82) is 0 Å². The second-order valence-corrected chi connectivity index (χ2v) is 6.76. The lowest BCUT2D eigenvalue weighted by Crippen LogP contribution is -2.39. The fourth-order valence-corrected chi connectivity index (χ4v) is 2.70. The summed E-state index contributed by atoms with van der Waals surface area (Å²) in [5, 5.41) is 0. The maximum absolute atomic E-state index is 12.1. The van der Waals surface area contributed by atoms with E-state index in [-0.39, 0.29) is 18.5 Å². The predicted octanol–water partition coefficient (Wildman–Crippen LogP) is -0.00228. The van der Waals surface area contributed by atoms with Crippen LogP contribution in [-0.2, 0) is 14.8 Å². The number of hydrogen-bond donors (Lipinski definition) is 1. The van der Waals surface area contributed by atoms with Crippen LogP contribution < -0.4 is 4.72 Å². The minimum Gasteiger partial charge on any atom is -0.333 e. The summed E-state index contributed by atoms with van der Waals surface area (Å²) in [7, 11) is -3.36. The Hall–Kier alpha value is -1.54. The van der Waals surface area contributed by atoms with Crippen LogP contribution in [0.2, 0.25) is 0 Å². The number of likely N-dealkylation sites (tertiary alicyclic amines) is 1. The third-order valence-electron chi connectivity index (χ3n) is 3.17. The third kappa shape index (κ3) is 3.73. The van der Waals surface area contributed by atoms with Gasteiger partial charge in [-0.25, -0.2) is 13.1 Å². The summed E-state index contributed by atoms with van der Waals surface area (Å²) < 4.78 is 24.3. The van der Waals surface area contributed by atoms with E-state index in [1.165, 1.54) is 0 Å². The molecule has 110 valence electrons. The molecule has 1 atom stereocenters. The number of carbonyl (C=O) groups is 1. The van der Waals surface area contributed by atoms with Gasteiger partial charge in [-0.2, -0.15) is 0 Å². The summed E-state index contributed by atoms with van der Waals surface area (Å²) in [5.74, 6) is -0.235. The van der Waals surface area contributed by atoms with Gasteiger partial charge in [0.15, 0.2) is 0 Å². The van der Waals surface area contributed by atoms with Crippen molar-refractivity contribution in [2.75, 3.05) is 19.3 Å². The van der Waals surface area contributed by atoms with Crippen LogP contribution in [0.15, 0.2) is 12.4 Å². The van der Waals surface area contributed by atoms with Crippen LogP contribution in [0.4, 0.5) is 0 Å². The second kappa shape index (κ2) is 5.84. The summed E-state index contributed by atoms with van der Waals surface area (Å²) in [6.45, 7) is 2.25. The number of carbonyl (C=O) groups excluding carboxylic acids is 1. The SMILES string of the molecule is Cc1cncc(C2CCCN2C(=O)CNS(C)(=O)=O)n1. The molecule has 1 aromatic rings. The number of rotatable bonds is 4.